The molecule has 0 aliphatic rings. The molecular formula is C18H15N5OS. The highest BCUT2D eigenvalue weighted by Crippen LogP contribution is 2.17. The first-order valence-electron chi connectivity index (χ1n) is 7.45. The Hall–Kier alpha value is -3.37. The molecule has 6 nitrogen and oxygen atoms in total. The fourth-order valence-electron chi connectivity index (χ4n) is 2.07. The summed E-state index contributed by atoms with van der Waals surface area (Å²) in [5, 5.41) is 15.6. The van der Waals surface area contributed by atoms with E-state index in [0.717, 1.165) is 16.9 Å². The first-order valence-corrected chi connectivity index (χ1v) is 8.33. The number of hydrogen-bond acceptors (Lipinski definition) is 7. The number of nitrogens with two attached hydrogens (primary N) is 1. The van der Waals surface area contributed by atoms with Crippen LogP contribution in [0.3, 0.4) is 0 Å². The van der Waals surface area contributed by atoms with Gasteiger partial charge in [0.05, 0.1) is 17.8 Å². The first-order chi connectivity index (χ1) is 12.2. The molecule has 0 unspecified atom stereocenters. The summed E-state index contributed by atoms with van der Waals surface area (Å²) in [6.07, 6.45) is 1.69. The van der Waals surface area contributed by atoms with Gasteiger partial charge in [-0.2, -0.15) is 10.4 Å². The van der Waals surface area contributed by atoms with Crippen molar-refractivity contribution in [3.05, 3.63) is 70.6 Å². The van der Waals surface area contributed by atoms with Crippen LogP contribution in [0.1, 0.15) is 16.7 Å². The van der Waals surface area contributed by atoms with Gasteiger partial charge in [0.15, 0.2) is 0 Å². The molecule has 2 aromatic carbocycles. The molecule has 1 aromatic heterocycles. The van der Waals surface area contributed by atoms with Crippen LogP contribution in [0, 0.1) is 11.3 Å². The van der Waals surface area contributed by atoms with Crippen molar-refractivity contribution < 1.29 is 4.74 Å². The number of rotatable bonds is 6. The van der Waals surface area contributed by atoms with Gasteiger partial charge < -0.3 is 10.5 Å². The summed E-state index contributed by atoms with van der Waals surface area (Å²) < 4.78 is 5.73. The molecule has 0 amide bonds. The van der Waals surface area contributed by atoms with Crippen LogP contribution in [-0.2, 0) is 6.61 Å². The number of hydrazone groups is 1. The van der Waals surface area contributed by atoms with E-state index in [1.54, 1.807) is 17.7 Å². The van der Waals surface area contributed by atoms with E-state index in [9.17, 15) is 0 Å². The third-order valence-electron chi connectivity index (χ3n) is 3.31. The van der Waals surface area contributed by atoms with Gasteiger partial charge in [0, 0.05) is 10.9 Å². The van der Waals surface area contributed by atoms with Gasteiger partial charge in [0.2, 0.25) is 5.13 Å². The Kier molecular flexibility index (Phi) is 5.24. The Balaban J connectivity index is 1.56. The Morgan fingerprint density at radius 2 is 2.04 bits per heavy atom. The molecule has 0 bridgehead atoms. The second kappa shape index (κ2) is 7.95. The lowest BCUT2D eigenvalue weighted by Gasteiger charge is -2.07. The number of hydrogen-bond donors (Lipinski definition) is 2. The average Bonchev–Trinajstić information content (AvgIpc) is 3.06. The first kappa shape index (κ1) is 16.5. The maximum absolute atomic E-state index is 9.08. The van der Waals surface area contributed by atoms with Crippen LogP contribution in [0.5, 0.6) is 5.75 Å². The van der Waals surface area contributed by atoms with Gasteiger partial charge >= 0.3 is 0 Å². The van der Waals surface area contributed by atoms with Gasteiger partial charge in [-0.25, -0.2) is 4.98 Å². The van der Waals surface area contributed by atoms with Gasteiger partial charge in [-0.05, 0) is 35.9 Å². The van der Waals surface area contributed by atoms with Crippen molar-refractivity contribution in [2.24, 2.45) is 5.10 Å². The van der Waals surface area contributed by atoms with Crippen LogP contribution in [0.15, 0.2) is 59.0 Å². The maximum atomic E-state index is 9.08. The Morgan fingerprint density at radius 1 is 1.24 bits per heavy atom. The molecule has 1 heterocycles. The predicted octanol–water partition coefficient (Wildman–Crippen LogP) is 3.62. The fraction of sp³-hybridized carbons (Fsp3) is 0.0556. The highest BCUT2D eigenvalue weighted by molar-refractivity contribution is 7.14. The summed E-state index contributed by atoms with van der Waals surface area (Å²) >= 11 is 1.39. The molecule has 3 aromatic rings. The summed E-state index contributed by atoms with van der Waals surface area (Å²) in [6, 6.07) is 17.1. The summed E-state index contributed by atoms with van der Waals surface area (Å²) in [7, 11) is 0. The van der Waals surface area contributed by atoms with Crippen molar-refractivity contribution >= 4 is 28.5 Å². The molecule has 0 aliphatic heterocycles. The minimum Gasteiger partial charge on any atom is -0.489 e. The third kappa shape index (κ3) is 4.56. The van der Waals surface area contributed by atoms with Gasteiger partial charge in [-0.3, -0.25) is 5.43 Å². The van der Waals surface area contributed by atoms with Crippen LogP contribution in [0.4, 0.5) is 10.9 Å². The van der Waals surface area contributed by atoms with Crippen LogP contribution in [0.25, 0.3) is 0 Å². The number of nitrogens with one attached hydrogen (secondary N) is 1. The molecule has 0 aliphatic carbocycles. The smallest absolute Gasteiger partial charge is 0.205 e. The van der Waals surface area contributed by atoms with Crippen LogP contribution >= 0.6 is 11.3 Å². The molecule has 0 spiro atoms. The summed E-state index contributed by atoms with van der Waals surface area (Å²) in [6.45, 7) is 0.351. The van der Waals surface area contributed by atoms with E-state index in [-0.39, 0.29) is 0 Å². The van der Waals surface area contributed by atoms with E-state index < -0.39 is 0 Å². The van der Waals surface area contributed by atoms with Crippen LogP contribution < -0.4 is 15.9 Å². The number of nitrogens with zero attached hydrogens (tertiary/aromatic N) is 3. The number of thiazole rings is 1. The molecule has 0 atom stereocenters. The minimum absolute atomic E-state index is 0.351. The molecule has 0 saturated carbocycles. The molecule has 124 valence electrons. The number of benzene rings is 2. The summed E-state index contributed by atoms with van der Waals surface area (Å²) in [4.78, 5) is 4.05. The number of aromatic nitrogens is 1. The predicted molar refractivity (Wildman–Crippen MR) is 99.7 cm³/mol. The molecule has 7 heteroatoms. The van der Waals surface area contributed by atoms with Crippen LogP contribution in [0.2, 0.25) is 0 Å². The van der Waals surface area contributed by atoms with Crippen molar-refractivity contribution in [3.8, 4) is 11.8 Å². The Bertz CT molecular complexity index is 912. The van der Waals surface area contributed by atoms with Crippen molar-refractivity contribution in [1.82, 2.24) is 4.98 Å². The molecule has 3 rings (SSSR count). The highest BCUT2D eigenvalue weighted by atomic mass is 32.1. The maximum Gasteiger partial charge on any atom is 0.205 e. The van der Waals surface area contributed by atoms with E-state index in [2.05, 4.69) is 21.6 Å². The van der Waals surface area contributed by atoms with Crippen molar-refractivity contribution in [2.75, 3.05) is 11.2 Å². The van der Waals surface area contributed by atoms with Gasteiger partial charge in [-0.1, -0.05) is 18.2 Å². The van der Waals surface area contributed by atoms with Crippen molar-refractivity contribution in [2.45, 2.75) is 6.61 Å². The molecule has 0 saturated heterocycles. The zero-order valence-electron chi connectivity index (χ0n) is 13.2. The molecule has 0 radical (unpaired) electrons. The number of nitrogen functional groups attached to an aromatic ring is 1. The van der Waals surface area contributed by atoms with Gasteiger partial charge in [0.1, 0.15) is 18.2 Å². The summed E-state index contributed by atoms with van der Waals surface area (Å²) in [5.41, 5.74) is 10.8. The lowest BCUT2D eigenvalue weighted by atomic mass is 10.1. The van der Waals surface area contributed by atoms with Crippen molar-refractivity contribution in [1.29, 1.82) is 5.26 Å². The zero-order valence-corrected chi connectivity index (χ0v) is 14.0. The molecule has 3 N–H and O–H groups in total. The molecule has 0 fully saturated rings. The molecular weight excluding hydrogens is 334 g/mol. The summed E-state index contributed by atoms with van der Waals surface area (Å²) in [5.74, 6) is 1.20. The SMILES string of the molecule is N#Cc1ccccc1COc1ccc(C=NNc2nc(N)cs2)cc1. The van der Waals surface area contributed by atoms with Gasteiger partial charge in [0.25, 0.3) is 0 Å². The lowest BCUT2D eigenvalue weighted by Crippen LogP contribution is -1.98. The lowest BCUT2D eigenvalue weighted by molar-refractivity contribution is 0.306. The Labute approximate surface area is 149 Å². The minimum atomic E-state index is 0.351. The van der Waals surface area contributed by atoms with Crippen molar-refractivity contribution in [3.63, 3.8) is 0 Å². The van der Waals surface area contributed by atoms with E-state index in [1.165, 1.54) is 11.3 Å². The quantitative estimate of drug-likeness (QED) is 0.523. The normalized spacial score (nSPS) is 10.5. The van der Waals surface area contributed by atoms with E-state index in [0.29, 0.717) is 23.1 Å². The van der Waals surface area contributed by atoms with E-state index in [4.69, 9.17) is 15.7 Å². The number of ether oxygens (including phenoxy) is 1. The average molecular weight is 349 g/mol. The number of anilines is 2. The topological polar surface area (TPSA) is 96.3 Å². The fourth-order valence-corrected chi connectivity index (χ4v) is 2.61. The number of nitriles is 1. The van der Waals surface area contributed by atoms with E-state index >= 15 is 0 Å². The third-order valence-corrected chi connectivity index (χ3v) is 4.07. The molecule has 25 heavy (non-hydrogen) atoms. The van der Waals surface area contributed by atoms with Crippen LogP contribution in [-0.4, -0.2) is 11.2 Å². The van der Waals surface area contributed by atoms with Gasteiger partial charge in [-0.15, -0.1) is 11.3 Å². The second-order valence-corrected chi connectivity index (χ2v) is 5.93. The zero-order chi connectivity index (χ0) is 17.5. The standard InChI is InChI=1S/C18H15N5OS/c19-9-14-3-1-2-4-15(14)11-24-16-7-5-13(6-8-16)10-21-23-18-22-17(20)12-25-18/h1-8,10,12H,11,20H2,(H,22,23). The van der Waals surface area contributed by atoms with E-state index in [1.807, 2.05) is 42.5 Å². The monoisotopic (exact) mass is 349 g/mol. The highest BCUT2D eigenvalue weighted by Gasteiger charge is 2.02. The second-order valence-electron chi connectivity index (χ2n) is 5.07. The Morgan fingerprint density at radius 3 is 2.76 bits per heavy atom. The largest absolute Gasteiger partial charge is 0.489 e.